The van der Waals surface area contributed by atoms with Crippen molar-refractivity contribution in [1.29, 1.82) is 0 Å². The van der Waals surface area contributed by atoms with Crippen molar-refractivity contribution in [1.82, 2.24) is 15.1 Å². The highest BCUT2D eigenvalue weighted by Gasteiger charge is 2.15. The molecule has 4 heteroatoms. The van der Waals surface area contributed by atoms with Crippen molar-refractivity contribution >= 4 is 11.6 Å². The maximum absolute atomic E-state index is 6.33. The Morgan fingerprint density at radius 2 is 2.00 bits per heavy atom. The van der Waals surface area contributed by atoms with E-state index in [2.05, 4.69) is 38.1 Å². The van der Waals surface area contributed by atoms with Crippen LogP contribution in [0.25, 0.3) is 0 Å². The van der Waals surface area contributed by atoms with Gasteiger partial charge in [0.2, 0.25) is 0 Å². The fourth-order valence-electron chi connectivity index (χ4n) is 2.53. The predicted octanol–water partition coefficient (Wildman–Crippen LogP) is 3.82. The van der Waals surface area contributed by atoms with E-state index in [0.717, 1.165) is 36.6 Å². The van der Waals surface area contributed by atoms with Gasteiger partial charge in [0, 0.05) is 12.6 Å². The number of aromatic nitrogens is 2. The van der Waals surface area contributed by atoms with E-state index in [9.17, 15) is 0 Å². The first-order valence-corrected chi connectivity index (χ1v) is 7.84. The van der Waals surface area contributed by atoms with Crippen molar-refractivity contribution < 1.29 is 0 Å². The van der Waals surface area contributed by atoms with E-state index < -0.39 is 0 Å². The van der Waals surface area contributed by atoms with Crippen LogP contribution in [0.2, 0.25) is 5.02 Å². The van der Waals surface area contributed by atoms with Gasteiger partial charge < -0.3 is 5.32 Å². The summed E-state index contributed by atoms with van der Waals surface area (Å²) in [5.41, 5.74) is 2.14. The lowest BCUT2D eigenvalue weighted by atomic mass is 9.98. The van der Waals surface area contributed by atoms with Gasteiger partial charge in [-0.3, -0.25) is 4.68 Å². The minimum absolute atomic E-state index is 0.600. The zero-order valence-corrected chi connectivity index (χ0v) is 13.7. The molecule has 0 aliphatic heterocycles. The van der Waals surface area contributed by atoms with Crippen molar-refractivity contribution in [3.8, 4) is 0 Å². The zero-order valence-electron chi connectivity index (χ0n) is 13.0. The highest BCUT2D eigenvalue weighted by atomic mass is 35.5. The van der Waals surface area contributed by atoms with Crippen molar-refractivity contribution in [3.05, 3.63) is 16.4 Å². The normalized spacial score (nSPS) is 13.2. The average molecular weight is 286 g/mol. The largest absolute Gasteiger partial charge is 0.314 e. The number of nitrogens with one attached hydrogen (secondary N) is 1. The zero-order chi connectivity index (χ0) is 14.4. The molecule has 0 saturated carbocycles. The Kier molecular flexibility index (Phi) is 6.87. The molecule has 0 fully saturated rings. The summed E-state index contributed by atoms with van der Waals surface area (Å²) in [4.78, 5) is 0. The number of aryl methyl sites for hydroxylation is 2. The molecule has 0 aliphatic rings. The van der Waals surface area contributed by atoms with Crippen LogP contribution in [0, 0.1) is 12.8 Å². The van der Waals surface area contributed by atoms with Gasteiger partial charge in [0.25, 0.3) is 0 Å². The highest BCUT2D eigenvalue weighted by Crippen LogP contribution is 2.22. The van der Waals surface area contributed by atoms with Gasteiger partial charge in [-0.05, 0) is 45.6 Å². The minimum atomic E-state index is 0.600. The van der Waals surface area contributed by atoms with Gasteiger partial charge in [-0.15, -0.1) is 0 Å². The van der Waals surface area contributed by atoms with Crippen LogP contribution in [0.5, 0.6) is 0 Å². The third-order valence-electron chi connectivity index (χ3n) is 3.65. The van der Waals surface area contributed by atoms with Crippen molar-refractivity contribution in [2.24, 2.45) is 5.92 Å². The molecular weight excluding hydrogens is 258 g/mol. The number of hydrogen-bond donors (Lipinski definition) is 1. The molecule has 1 rings (SSSR count). The standard InChI is InChI=1S/C15H28ClN3/c1-6-17-13(11(3)4)9-8-10-14-15(16)12(5)18-19(14)7-2/h11,13,17H,6-10H2,1-5H3. The molecule has 1 aromatic heterocycles. The van der Waals surface area contributed by atoms with E-state index >= 15 is 0 Å². The lowest BCUT2D eigenvalue weighted by molar-refractivity contribution is 0.375. The molecule has 110 valence electrons. The summed E-state index contributed by atoms with van der Waals surface area (Å²) >= 11 is 6.33. The molecule has 0 amide bonds. The van der Waals surface area contributed by atoms with Gasteiger partial charge in [0.05, 0.1) is 16.4 Å². The first-order chi connectivity index (χ1) is 9.01. The second kappa shape index (κ2) is 7.91. The molecule has 1 heterocycles. The third kappa shape index (κ3) is 4.50. The van der Waals surface area contributed by atoms with E-state index in [-0.39, 0.29) is 0 Å². The summed E-state index contributed by atoms with van der Waals surface area (Å²) in [6, 6.07) is 0.600. The molecule has 0 spiro atoms. The lowest BCUT2D eigenvalue weighted by Gasteiger charge is -2.21. The number of nitrogens with zero attached hydrogens (tertiary/aromatic N) is 2. The van der Waals surface area contributed by atoms with Crippen LogP contribution >= 0.6 is 11.6 Å². The van der Waals surface area contributed by atoms with E-state index in [4.69, 9.17) is 11.6 Å². The number of rotatable bonds is 8. The summed E-state index contributed by atoms with van der Waals surface area (Å²) < 4.78 is 2.04. The van der Waals surface area contributed by atoms with E-state index in [0.29, 0.717) is 12.0 Å². The summed E-state index contributed by atoms with van der Waals surface area (Å²) in [5, 5.41) is 8.88. The second-order valence-corrected chi connectivity index (χ2v) is 5.84. The van der Waals surface area contributed by atoms with Gasteiger partial charge in [-0.25, -0.2) is 0 Å². The van der Waals surface area contributed by atoms with Crippen LogP contribution < -0.4 is 5.32 Å². The molecule has 0 aromatic carbocycles. The third-order valence-corrected chi connectivity index (χ3v) is 4.14. The Balaban J connectivity index is 2.57. The monoisotopic (exact) mass is 285 g/mol. The average Bonchev–Trinajstić information content (AvgIpc) is 2.64. The van der Waals surface area contributed by atoms with E-state index in [1.54, 1.807) is 0 Å². The smallest absolute Gasteiger partial charge is 0.0847 e. The van der Waals surface area contributed by atoms with Crippen LogP contribution in [0.4, 0.5) is 0 Å². The molecule has 0 saturated heterocycles. The molecular formula is C15H28ClN3. The van der Waals surface area contributed by atoms with Gasteiger partial charge >= 0.3 is 0 Å². The fraction of sp³-hybridized carbons (Fsp3) is 0.800. The maximum atomic E-state index is 6.33. The second-order valence-electron chi connectivity index (χ2n) is 5.46. The molecule has 1 aromatic rings. The summed E-state index contributed by atoms with van der Waals surface area (Å²) in [6.45, 7) is 12.7. The molecule has 1 N–H and O–H groups in total. The van der Waals surface area contributed by atoms with Crippen LogP contribution in [0.15, 0.2) is 0 Å². The molecule has 3 nitrogen and oxygen atoms in total. The topological polar surface area (TPSA) is 29.9 Å². The predicted molar refractivity (Wildman–Crippen MR) is 82.9 cm³/mol. The molecule has 0 bridgehead atoms. The van der Waals surface area contributed by atoms with Crippen molar-refractivity contribution in [2.45, 2.75) is 66.5 Å². The van der Waals surface area contributed by atoms with Crippen LogP contribution in [-0.4, -0.2) is 22.4 Å². The summed E-state index contributed by atoms with van der Waals surface area (Å²) in [5.74, 6) is 0.674. The van der Waals surface area contributed by atoms with Gasteiger partial charge in [0.15, 0.2) is 0 Å². The highest BCUT2D eigenvalue weighted by molar-refractivity contribution is 6.31. The van der Waals surface area contributed by atoms with Gasteiger partial charge in [-0.2, -0.15) is 5.10 Å². The Bertz CT molecular complexity index is 385. The Hall–Kier alpha value is -0.540. The quantitative estimate of drug-likeness (QED) is 0.787. The maximum Gasteiger partial charge on any atom is 0.0847 e. The number of hydrogen-bond acceptors (Lipinski definition) is 2. The Morgan fingerprint density at radius 3 is 2.53 bits per heavy atom. The van der Waals surface area contributed by atoms with Gasteiger partial charge in [-0.1, -0.05) is 32.4 Å². The van der Waals surface area contributed by atoms with Crippen LogP contribution in [0.1, 0.15) is 51.9 Å². The molecule has 1 unspecified atom stereocenters. The SMILES string of the molecule is CCNC(CCCc1c(Cl)c(C)nn1CC)C(C)C. The summed E-state index contributed by atoms with van der Waals surface area (Å²) in [7, 11) is 0. The molecule has 1 atom stereocenters. The van der Waals surface area contributed by atoms with Crippen molar-refractivity contribution in [2.75, 3.05) is 6.54 Å². The minimum Gasteiger partial charge on any atom is -0.314 e. The molecule has 19 heavy (non-hydrogen) atoms. The fourth-order valence-corrected chi connectivity index (χ4v) is 2.76. The van der Waals surface area contributed by atoms with E-state index in [1.165, 1.54) is 12.1 Å². The molecule has 0 radical (unpaired) electrons. The van der Waals surface area contributed by atoms with E-state index in [1.807, 2.05) is 11.6 Å². The summed E-state index contributed by atoms with van der Waals surface area (Å²) in [6.07, 6.45) is 3.36. The first-order valence-electron chi connectivity index (χ1n) is 7.46. The van der Waals surface area contributed by atoms with Crippen LogP contribution in [0.3, 0.4) is 0 Å². The molecule has 0 aliphatic carbocycles. The lowest BCUT2D eigenvalue weighted by Crippen LogP contribution is -2.33. The Morgan fingerprint density at radius 1 is 1.32 bits per heavy atom. The van der Waals surface area contributed by atoms with Gasteiger partial charge in [0.1, 0.15) is 0 Å². The Labute approximate surface area is 122 Å². The van der Waals surface area contributed by atoms with Crippen molar-refractivity contribution in [3.63, 3.8) is 0 Å². The first kappa shape index (κ1) is 16.5. The number of halogens is 1. The van der Waals surface area contributed by atoms with Crippen LogP contribution in [-0.2, 0) is 13.0 Å².